The number of fused-ring (bicyclic) bond motifs is 1. The second-order valence-corrected chi connectivity index (χ2v) is 6.07. The summed E-state index contributed by atoms with van der Waals surface area (Å²) in [5.41, 5.74) is 2.90. The highest BCUT2D eigenvalue weighted by molar-refractivity contribution is 9.10. The summed E-state index contributed by atoms with van der Waals surface area (Å²) in [7, 11) is 0. The van der Waals surface area contributed by atoms with Crippen molar-refractivity contribution in [3.63, 3.8) is 0 Å². The van der Waals surface area contributed by atoms with Crippen LogP contribution in [0.4, 0.5) is 0 Å². The van der Waals surface area contributed by atoms with Crippen molar-refractivity contribution in [2.24, 2.45) is 0 Å². The summed E-state index contributed by atoms with van der Waals surface area (Å²) in [6.07, 6.45) is 0. The van der Waals surface area contributed by atoms with E-state index in [0.717, 1.165) is 38.4 Å². The summed E-state index contributed by atoms with van der Waals surface area (Å²) < 4.78 is 7.06. The molecule has 23 heavy (non-hydrogen) atoms. The van der Waals surface area contributed by atoms with E-state index in [1.807, 2.05) is 72.8 Å². The number of benzene rings is 3. The Morgan fingerprint density at radius 3 is 2.39 bits per heavy atom. The molecule has 4 aromatic rings. The van der Waals surface area contributed by atoms with Crippen LogP contribution in [0.2, 0.25) is 0 Å². The lowest BCUT2D eigenvalue weighted by atomic mass is 10.2. The van der Waals surface area contributed by atoms with E-state index in [2.05, 4.69) is 25.9 Å². The Kier molecular flexibility index (Phi) is 3.60. The van der Waals surface area contributed by atoms with Gasteiger partial charge in [0.15, 0.2) is 0 Å². The zero-order chi connectivity index (χ0) is 15.6. The standard InChI is InChI=1S/C19H13BrN2O/c20-13-9-11-14(12-10-13)23-18-8-4-1-5-15(18)19-21-16-6-2-3-7-17(16)22-19/h1-12H,(H,21,22). The van der Waals surface area contributed by atoms with Crippen LogP contribution in [-0.4, -0.2) is 9.97 Å². The van der Waals surface area contributed by atoms with E-state index in [0.29, 0.717) is 0 Å². The highest BCUT2D eigenvalue weighted by Crippen LogP contribution is 2.33. The predicted octanol–water partition coefficient (Wildman–Crippen LogP) is 5.78. The summed E-state index contributed by atoms with van der Waals surface area (Å²) in [4.78, 5) is 8.00. The van der Waals surface area contributed by atoms with Gasteiger partial charge in [-0.25, -0.2) is 4.98 Å². The van der Waals surface area contributed by atoms with Gasteiger partial charge in [0.1, 0.15) is 17.3 Å². The molecule has 0 atom stereocenters. The first kappa shape index (κ1) is 14.0. The maximum atomic E-state index is 6.03. The summed E-state index contributed by atoms with van der Waals surface area (Å²) in [6, 6.07) is 23.7. The second-order valence-electron chi connectivity index (χ2n) is 5.15. The fourth-order valence-corrected chi connectivity index (χ4v) is 2.73. The molecule has 4 heteroatoms. The van der Waals surface area contributed by atoms with Crippen LogP contribution in [0.5, 0.6) is 11.5 Å². The Balaban J connectivity index is 1.75. The Labute approximate surface area is 142 Å². The number of imidazole rings is 1. The monoisotopic (exact) mass is 364 g/mol. The van der Waals surface area contributed by atoms with Gasteiger partial charge in [0.25, 0.3) is 0 Å². The first-order valence-electron chi connectivity index (χ1n) is 7.27. The van der Waals surface area contributed by atoms with E-state index in [4.69, 9.17) is 4.74 Å². The highest BCUT2D eigenvalue weighted by atomic mass is 79.9. The van der Waals surface area contributed by atoms with Crippen LogP contribution in [0.15, 0.2) is 77.3 Å². The Morgan fingerprint density at radius 1 is 0.826 bits per heavy atom. The summed E-state index contributed by atoms with van der Waals surface area (Å²) in [6.45, 7) is 0. The number of nitrogens with one attached hydrogen (secondary N) is 1. The number of nitrogens with zero attached hydrogens (tertiary/aromatic N) is 1. The topological polar surface area (TPSA) is 37.9 Å². The van der Waals surface area contributed by atoms with Crippen molar-refractivity contribution < 1.29 is 4.74 Å². The fourth-order valence-electron chi connectivity index (χ4n) is 2.46. The number of aromatic amines is 1. The number of ether oxygens (including phenoxy) is 1. The van der Waals surface area contributed by atoms with Gasteiger partial charge in [0.05, 0.1) is 16.6 Å². The van der Waals surface area contributed by atoms with Crippen molar-refractivity contribution in [2.45, 2.75) is 0 Å². The van der Waals surface area contributed by atoms with Crippen LogP contribution in [-0.2, 0) is 0 Å². The zero-order valence-corrected chi connectivity index (χ0v) is 13.7. The van der Waals surface area contributed by atoms with Gasteiger partial charge in [-0.3, -0.25) is 0 Å². The molecule has 0 saturated carbocycles. The fraction of sp³-hybridized carbons (Fsp3) is 0. The van der Waals surface area contributed by atoms with Crippen molar-refractivity contribution in [1.82, 2.24) is 9.97 Å². The first-order chi connectivity index (χ1) is 11.3. The average Bonchev–Trinajstić information content (AvgIpc) is 3.01. The number of H-pyrrole nitrogens is 1. The van der Waals surface area contributed by atoms with Gasteiger partial charge in [0, 0.05) is 4.47 Å². The molecular weight excluding hydrogens is 352 g/mol. The van der Waals surface area contributed by atoms with Crippen LogP contribution < -0.4 is 4.74 Å². The first-order valence-corrected chi connectivity index (χ1v) is 8.06. The SMILES string of the molecule is Brc1ccc(Oc2ccccc2-c2nc3ccccc3[nH]2)cc1. The third-order valence-corrected chi connectivity index (χ3v) is 4.10. The molecular formula is C19H13BrN2O. The van der Waals surface area contributed by atoms with Crippen LogP contribution in [0.25, 0.3) is 22.4 Å². The number of hydrogen-bond acceptors (Lipinski definition) is 2. The molecule has 1 aromatic heterocycles. The second kappa shape index (κ2) is 5.89. The lowest BCUT2D eigenvalue weighted by molar-refractivity contribution is 0.484. The molecule has 0 fully saturated rings. The molecule has 0 aliphatic carbocycles. The van der Waals surface area contributed by atoms with Crippen LogP contribution in [0.3, 0.4) is 0 Å². The zero-order valence-electron chi connectivity index (χ0n) is 12.2. The minimum atomic E-state index is 0.772. The smallest absolute Gasteiger partial charge is 0.142 e. The van der Waals surface area contributed by atoms with E-state index in [9.17, 15) is 0 Å². The lowest BCUT2D eigenvalue weighted by Gasteiger charge is -2.09. The van der Waals surface area contributed by atoms with Gasteiger partial charge in [0.2, 0.25) is 0 Å². The summed E-state index contributed by atoms with van der Waals surface area (Å²) >= 11 is 3.43. The number of para-hydroxylation sites is 3. The quantitative estimate of drug-likeness (QED) is 0.499. The Bertz CT molecular complexity index is 927. The molecule has 0 aliphatic rings. The van der Waals surface area contributed by atoms with Crippen molar-refractivity contribution in [3.8, 4) is 22.9 Å². The molecule has 0 amide bonds. The maximum Gasteiger partial charge on any atom is 0.142 e. The predicted molar refractivity (Wildman–Crippen MR) is 95.7 cm³/mol. The van der Waals surface area contributed by atoms with E-state index in [1.54, 1.807) is 0 Å². The molecule has 0 bridgehead atoms. The van der Waals surface area contributed by atoms with Gasteiger partial charge < -0.3 is 9.72 Å². The van der Waals surface area contributed by atoms with Crippen molar-refractivity contribution in [1.29, 1.82) is 0 Å². The number of hydrogen-bond donors (Lipinski definition) is 1. The van der Waals surface area contributed by atoms with Gasteiger partial charge in [-0.05, 0) is 48.5 Å². The van der Waals surface area contributed by atoms with Gasteiger partial charge in [-0.2, -0.15) is 0 Å². The van der Waals surface area contributed by atoms with E-state index < -0.39 is 0 Å². The average molecular weight is 365 g/mol. The maximum absolute atomic E-state index is 6.03. The van der Waals surface area contributed by atoms with E-state index >= 15 is 0 Å². The normalized spacial score (nSPS) is 10.8. The van der Waals surface area contributed by atoms with Crippen LogP contribution in [0, 0.1) is 0 Å². The number of halogens is 1. The highest BCUT2D eigenvalue weighted by Gasteiger charge is 2.11. The van der Waals surface area contributed by atoms with Crippen LogP contribution >= 0.6 is 15.9 Å². The number of aromatic nitrogens is 2. The summed E-state index contributed by atoms with van der Waals surface area (Å²) in [5.74, 6) is 2.37. The van der Waals surface area contributed by atoms with Crippen LogP contribution in [0.1, 0.15) is 0 Å². The minimum Gasteiger partial charge on any atom is -0.457 e. The third-order valence-electron chi connectivity index (χ3n) is 3.57. The Hall–Kier alpha value is -2.59. The van der Waals surface area contributed by atoms with E-state index in [-0.39, 0.29) is 0 Å². The molecule has 0 radical (unpaired) electrons. The molecule has 3 nitrogen and oxygen atoms in total. The van der Waals surface area contributed by atoms with Crippen molar-refractivity contribution in [2.75, 3.05) is 0 Å². The molecule has 112 valence electrons. The minimum absolute atomic E-state index is 0.772. The van der Waals surface area contributed by atoms with Crippen molar-refractivity contribution in [3.05, 3.63) is 77.3 Å². The molecule has 0 saturated heterocycles. The summed E-state index contributed by atoms with van der Waals surface area (Å²) in [5, 5.41) is 0. The lowest BCUT2D eigenvalue weighted by Crippen LogP contribution is -1.89. The number of rotatable bonds is 3. The molecule has 0 aliphatic heterocycles. The third kappa shape index (κ3) is 2.85. The molecule has 1 heterocycles. The molecule has 1 N–H and O–H groups in total. The molecule has 0 unspecified atom stereocenters. The van der Waals surface area contributed by atoms with Gasteiger partial charge in [-0.15, -0.1) is 0 Å². The van der Waals surface area contributed by atoms with Gasteiger partial charge >= 0.3 is 0 Å². The van der Waals surface area contributed by atoms with Gasteiger partial charge in [-0.1, -0.05) is 40.2 Å². The van der Waals surface area contributed by atoms with Crippen molar-refractivity contribution >= 4 is 27.0 Å². The largest absolute Gasteiger partial charge is 0.457 e. The molecule has 0 spiro atoms. The van der Waals surface area contributed by atoms with E-state index in [1.165, 1.54) is 0 Å². The molecule has 3 aromatic carbocycles. The Morgan fingerprint density at radius 2 is 1.57 bits per heavy atom. The molecule has 4 rings (SSSR count).